The summed E-state index contributed by atoms with van der Waals surface area (Å²) in [6.45, 7) is 4.38. The van der Waals surface area contributed by atoms with Gasteiger partial charge in [-0.05, 0) is 26.0 Å². The second-order valence-corrected chi connectivity index (χ2v) is 4.79. The topological polar surface area (TPSA) is 57.4 Å². The van der Waals surface area contributed by atoms with Crippen molar-refractivity contribution >= 4 is 0 Å². The molecule has 1 aromatic heterocycles. The van der Waals surface area contributed by atoms with Gasteiger partial charge in [0, 0.05) is 17.7 Å². The summed E-state index contributed by atoms with van der Waals surface area (Å²) in [4.78, 5) is 4.32. The number of nitrogens with two attached hydrogens (primary N) is 1. The first-order valence-electron chi connectivity index (χ1n) is 6.59. The van der Waals surface area contributed by atoms with E-state index in [1.807, 2.05) is 44.2 Å². The molecule has 4 nitrogen and oxygen atoms in total. The van der Waals surface area contributed by atoms with Crippen LogP contribution in [0.1, 0.15) is 29.8 Å². The molecule has 0 saturated carbocycles. The third kappa shape index (κ3) is 3.48. The Hall–Kier alpha value is -2.07. The van der Waals surface area contributed by atoms with Crippen LogP contribution >= 0.6 is 0 Å². The van der Waals surface area contributed by atoms with E-state index in [4.69, 9.17) is 15.2 Å². The number of rotatable bonds is 5. The number of aryl methyl sites for hydroxylation is 1. The molecular formula is C16H20N2O2. The molecule has 0 amide bonds. The molecule has 0 fully saturated rings. The van der Waals surface area contributed by atoms with Gasteiger partial charge in [-0.25, -0.2) is 4.98 Å². The minimum Gasteiger partial charge on any atom is -0.487 e. The Bertz CT molecular complexity index is 582. The van der Waals surface area contributed by atoms with Crippen molar-refractivity contribution in [2.75, 3.05) is 7.11 Å². The summed E-state index contributed by atoms with van der Waals surface area (Å²) in [6, 6.07) is 11.6. The summed E-state index contributed by atoms with van der Waals surface area (Å²) >= 11 is 0. The molecule has 2 aromatic rings. The monoisotopic (exact) mass is 272 g/mol. The Balaban J connectivity index is 2.14. The molecule has 106 valence electrons. The van der Waals surface area contributed by atoms with Crippen LogP contribution in [0.15, 0.2) is 36.4 Å². The second kappa shape index (κ2) is 6.39. The first-order valence-corrected chi connectivity index (χ1v) is 6.59. The zero-order valence-electron chi connectivity index (χ0n) is 12.1. The Morgan fingerprint density at radius 1 is 1.25 bits per heavy atom. The summed E-state index contributed by atoms with van der Waals surface area (Å²) in [5, 5.41) is 0. The fraction of sp³-hybridized carbons (Fsp3) is 0.312. The molecular weight excluding hydrogens is 252 g/mol. The van der Waals surface area contributed by atoms with Crippen molar-refractivity contribution < 1.29 is 9.47 Å². The summed E-state index contributed by atoms with van der Waals surface area (Å²) in [5.41, 5.74) is 8.98. The van der Waals surface area contributed by atoms with Crippen LogP contribution in [-0.2, 0) is 6.61 Å². The van der Waals surface area contributed by atoms with Gasteiger partial charge in [-0.3, -0.25) is 0 Å². The lowest BCUT2D eigenvalue weighted by atomic mass is 10.1. The average molecular weight is 272 g/mol. The van der Waals surface area contributed by atoms with Crippen LogP contribution in [0.4, 0.5) is 0 Å². The van der Waals surface area contributed by atoms with Crippen molar-refractivity contribution in [2.24, 2.45) is 5.73 Å². The number of nitrogens with zero attached hydrogens (tertiary/aromatic N) is 1. The molecule has 0 radical (unpaired) electrons. The standard InChI is InChI=1S/C16H20N2O2/c1-11-7-8-15(14(9-11)12(2)17)20-10-13-5-4-6-16(18-13)19-3/h4-9,12H,10,17H2,1-3H3/t12-/m1/s1. The Morgan fingerprint density at radius 3 is 2.75 bits per heavy atom. The van der Waals surface area contributed by atoms with E-state index in [0.29, 0.717) is 12.5 Å². The van der Waals surface area contributed by atoms with Gasteiger partial charge in [0.2, 0.25) is 5.88 Å². The highest BCUT2D eigenvalue weighted by Gasteiger charge is 2.09. The third-order valence-corrected chi connectivity index (χ3v) is 3.02. The summed E-state index contributed by atoms with van der Waals surface area (Å²) in [5.74, 6) is 1.39. The van der Waals surface area contributed by atoms with Crippen LogP contribution < -0.4 is 15.2 Å². The quantitative estimate of drug-likeness (QED) is 0.909. The number of ether oxygens (including phenoxy) is 2. The van der Waals surface area contributed by atoms with Crippen LogP contribution in [-0.4, -0.2) is 12.1 Å². The summed E-state index contributed by atoms with van der Waals surface area (Å²) < 4.78 is 10.9. The zero-order valence-corrected chi connectivity index (χ0v) is 12.1. The predicted molar refractivity (Wildman–Crippen MR) is 78.9 cm³/mol. The van der Waals surface area contributed by atoms with E-state index in [-0.39, 0.29) is 6.04 Å². The summed E-state index contributed by atoms with van der Waals surface area (Å²) in [6.07, 6.45) is 0. The number of hydrogen-bond donors (Lipinski definition) is 1. The highest BCUT2D eigenvalue weighted by molar-refractivity contribution is 5.38. The molecule has 20 heavy (non-hydrogen) atoms. The first kappa shape index (κ1) is 14.3. The van der Waals surface area contributed by atoms with E-state index in [1.54, 1.807) is 7.11 Å². The highest BCUT2D eigenvalue weighted by Crippen LogP contribution is 2.25. The van der Waals surface area contributed by atoms with E-state index < -0.39 is 0 Å². The number of hydrogen-bond acceptors (Lipinski definition) is 4. The third-order valence-electron chi connectivity index (χ3n) is 3.02. The minimum absolute atomic E-state index is 0.0665. The molecule has 0 bridgehead atoms. The van der Waals surface area contributed by atoms with Crippen LogP contribution in [0.3, 0.4) is 0 Å². The van der Waals surface area contributed by atoms with Crippen molar-refractivity contribution in [3.05, 3.63) is 53.2 Å². The number of benzene rings is 1. The van der Waals surface area contributed by atoms with Crippen molar-refractivity contribution in [1.82, 2.24) is 4.98 Å². The maximum Gasteiger partial charge on any atom is 0.213 e. The van der Waals surface area contributed by atoms with Crippen molar-refractivity contribution in [3.63, 3.8) is 0 Å². The van der Waals surface area contributed by atoms with Gasteiger partial charge >= 0.3 is 0 Å². The molecule has 1 aromatic carbocycles. The molecule has 0 aliphatic carbocycles. The SMILES string of the molecule is COc1cccc(COc2ccc(C)cc2[C@@H](C)N)n1. The molecule has 1 heterocycles. The van der Waals surface area contributed by atoms with Gasteiger partial charge in [0.25, 0.3) is 0 Å². The smallest absolute Gasteiger partial charge is 0.213 e. The van der Waals surface area contributed by atoms with Crippen LogP contribution in [0.2, 0.25) is 0 Å². The molecule has 0 aliphatic heterocycles. The number of pyridine rings is 1. The van der Waals surface area contributed by atoms with Crippen molar-refractivity contribution in [1.29, 1.82) is 0 Å². The molecule has 4 heteroatoms. The minimum atomic E-state index is -0.0665. The molecule has 0 spiro atoms. The Kier molecular flexibility index (Phi) is 4.58. The largest absolute Gasteiger partial charge is 0.487 e. The fourth-order valence-electron chi connectivity index (χ4n) is 1.96. The molecule has 2 N–H and O–H groups in total. The zero-order chi connectivity index (χ0) is 14.5. The lowest BCUT2D eigenvalue weighted by molar-refractivity contribution is 0.293. The van der Waals surface area contributed by atoms with Crippen molar-refractivity contribution in [3.8, 4) is 11.6 Å². The first-order chi connectivity index (χ1) is 9.60. The normalized spacial score (nSPS) is 12.0. The second-order valence-electron chi connectivity index (χ2n) is 4.79. The van der Waals surface area contributed by atoms with E-state index in [1.165, 1.54) is 5.56 Å². The van der Waals surface area contributed by atoms with Gasteiger partial charge in [0.05, 0.1) is 12.8 Å². The Morgan fingerprint density at radius 2 is 2.05 bits per heavy atom. The van der Waals surface area contributed by atoms with E-state index in [2.05, 4.69) is 11.1 Å². The average Bonchev–Trinajstić information content (AvgIpc) is 2.46. The highest BCUT2D eigenvalue weighted by atomic mass is 16.5. The van der Waals surface area contributed by atoms with Gasteiger partial charge in [0.1, 0.15) is 12.4 Å². The maximum atomic E-state index is 5.98. The Labute approximate surface area is 119 Å². The number of methoxy groups -OCH3 is 1. The molecule has 1 atom stereocenters. The van der Waals surface area contributed by atoms with Gasteiger partial charge in [0.15, 0.2) is 0 Å². The van der Waals surface area contributed by atoms with E-state index in [9.17, 15) is 0 Å². The van der Waals surface area contributed by atoms with Gasteiger partial charge < -0.3 is 15.2 Å². The van der Waals surface area contributed by atoms with Crippen LogP contribution in [0.25, 0.3) is 0 Å². The van der Waals surface area contributed by atoms with Gasteiger partial charge in [-0.2, -0.15) is 0 Å². The lowest BCUT2D eigenvalue weighted by Gasteiger charge is -2.14. The molecule has 0 saturated heterocycles. The van der Waals surface area contributed by atoms with Crippen LogP contribution in [0, 0.1) is 6.92 Å². The van der Waals surface area contributed by atoms with E-state index >= 15 is 0 Å². The molecule has 2 rings (SSSR count). The van der Waals surface area contributed by atoms with Crippen molar-refractivity contribution in [2.45, 2.75) is 26.5 Å². The fourth-order valence-corrected chi connectivity index (χ4v) is 1.96. The van der Waals surface area contributed by atoms with Gasteiger partial charge in [-0.15, -0.1) is 0 Å². The predicted octanol–water partition coefficient (Wildman–Crippen LogP) is 3.00. The molecule has 0 unspecified atom stereocenters. The molecule has 0 aliphatic rings. The van der Waals surface area contributed by atoms with Crippen LogP contribution in [0.5, 0.6) is 11.6 Å². The van der Waals surface area contributed by atoms with E-state index in [0.717, 1.165) is 17.0 Å². The summed E-state index contributed by atoms with van der Waals surface area (Å²) in [7, 11) is 1.60. The number of aromatic nitrogens is 1. The lowest BCUT2D eigenvalue weighted by Crippen LogP contribution is -2.09. The maximum absolute atomic E-state index is 5.98. The van der Waals surface area contributed by atoms with Gasteiger partial charge in [-0.1, -0.05) is 23.8 Å².